The minimum atomic E-state index is 0.327. The summed E-state index contributed by atoms with van der Waals surface area (Å²) >= 11 is 1.60. The molecule has 0 aliphatic heterocycles. The molecule has 0 spiro atoms. The van der Waals surface area contributed by atoms with E-state index in [9.17, 15) is 0 Å². The highest BCUT2D eigenvalue weighted by molar-refractivity contribution is 7.98. The topological polar surface area (TPSA) is 51.8 Å². The summed E-state index contributed by atoms with van der Waals surface area (Å²) in [5.41, 5.74) is 5.25. The van der Waals surface area contributed by atoms with Crippen molar-refractivity contribution in [3.63, 3.8) is 0 Å². The van der Waals surface area contributed by atoms with Crippen LogP contribution in [0.3, 0.4) is 0 Å². The van der Waals surface area contributed by atoms with E-state index in [1.165, 1.54) is 0 Å². The summed E-state index contributed by atoms with van der Waals surface area (Å²) in [6.45, 7) is 0. The van der Waals surface area contributed by atoms with E-state index in [1.54, 1.807) is 24.2 Å². The maximum absolute atomic E-state index is 5.25. The van der Waals surface area contributed by atoms with Crippen LogP contribution in [0.25, 0.3) is 0 Å². The van der Waals surface area contributed by atoms with E-state index in [4.69, 9.17) is 5.73 Å². The number of thioether (sulfide) groups is 1. The summed E-state index contributed by atoms with van der Waals surface area (Å²) in [4.78, 5) is 8.62. The average molecular weight is 167 g/mol. The Morgan fingerprint density at radius 2 is 1.82 bits per heavy atom. The fourth-order valence-corrected chi connectivity index (χ4v) is 0.748. The Morgan fingerprint density at radius 1 is 1.36 bits per heavy atom. The highest BCUT2D eigenvalue weighted by Crippen LogP contribution is 2.10. The third-order valence-electron chi connectivity index (χ3n) is 0.884. The van der Waals surface area contributed by atoms with Crippen molar-refractivity contribution in [3.8, 4) is 12.8 Å². The van der Waals surface area contributed by atoms with Crippen molar-refractivity contribution < 1.29 is 0 Å². The van der Waals surface area contributed by atoms with Gasteiger partial charge < -0.3 is 5.73 Å². The largest absolute Gasteiger partial charge is 0.368 e. The number of nitrogen functional groups attached to an aromatic ring is 1. The quantitative estimate of drug-likeness (QED) is 0.501. The number of hydrogen-bond acceptors (Lipinski definition) is 4. The Morgan fingerprint density at radius 3 is 2.18 bits per heavy atom. The highest BCUT2D eigenvalue weighted by Gasteiger charge is 1.88. The van der Waals surface area contributed by atoms with Gasteiger partial charge in [-0.25, -0.2) is 9.97 Å². The van der Waals surface area contributed by atoms with Gasteiger partial charge in [-0.3, -0.25) is 0 Å². The first-order valence-electron chi connectivity index (χ1n) is 2.78. The molecule has 0 bridgehead atoms. The second-order valence-corrected chi connectivity index (χ2v) is 2.36. The van der Waals surface area contributed by atoms with E-state index in [-0.39, 0.29) is 0 Å². The molecule has 0 saturated heterocycles. The SMILES string of the molecule is C#C.CSc1cnc(N)nc1. The fraction of sp³-hybridized carbons (Fsp3) is 0.143. The van der Waals surface area contributed by atoms with E-state index in [0.717, 1.165) is 4.90 Å². The van der Waals surface area contributed by atoms with Crippen LogP contribution in [0, 0.1) is 12.8 Å². The maximum Gasteiger partial charge on any atom is 0.219 e. The predicted octanol–water partition coefficient (Wildman–Crippen LogP) is 1.03. The Labute approximate surface area is 70.4 Å². The number of nitrogens with zero attached hydrogens (tertiary/aromatic N) is 2. The van der Waals surface area contributed by atoms with Gasteiger partial charge in [-0.1, -0.05) is 0 Å². The van der Waals surface area contributed by atoms with E-state index in [2.05, 4.69) is 22.8 Å². The molecule has 3 nitrogen and oxygen atoms in total. The van der Waals surface area contributed by atoms with Gasteiger partial charge in [0.1, 0.15) is 0 Å². The average Bonchev–Trinajstić information content (AvgIpc) is 2.10. The second-order valence-electron chi connectivity index (χ2n) is 1.48. The molecule has 0 aliphatic rings. The Balaban J connectivity index is 0.000000461. The standard InChI is InChI=1S/C5H7N3S.C2H2/c1-9-4-2-7-5(6)8-3-4;1-2/h2-3H,1H3,(H2,6,7,8);1-2H. The molecule has 0 unspecified atom stereocenters. The zero-order valence-electron chi connectivity index (χ0n) is 6.19. The summed E-state index contributed by atoms with van der Waals surface area (Å²) < 4.78 is 0. The van der Waals surface area contributed by atoms with Crippen molar-refractivity contribution in [1.29, 1.82) is 0 Å². The molecule has 1 aromatic heterocycles. The first-order valence-corrected chi connectivity index (χ1v) is 4.00. The first-order chi connectivity index (χ1) is 5.33. The molecule has 1 heterocycles. The number of terminal acetylenes is 1. The minimum absolute atomic E-state index is 0.327. The molecule has 0 fully saturated rings. The van der Waals surface area contributed by atoms with Gasteiger partial charge in [-0.15, -0.1) is 24.6 Å². The van der Waals surface area contributed by atoms with Gasteiger partial charge >= 0.3 is 0 Å². The predicted molar refractivity (Wildman–Crippen MR) is 48.1 cm³/mol. The molecule has 0 aliphatic carbocycles. The molecular formula is C7H9N3S. The van der Waals surface area contributed by atoms with Crippen LogP contribution >= 0.6 is 11.8 Å². The lowest BCUT2D eigenvalue weighted by Crippen LogP contribution is -1.92. The summed E-state index contributed by atoms with van der Waals surface area (Å²) in [7, 11) is 0. The molecule has 11 heavy (non-hydrogen) atoms. The number of rotatable bonds is 1. The van der Waals surface area contributed by atoms with Crippen LogP contribution in [0.5, 0.6) is 0 Å². The lowest BCUT2D eigenvalue weighted by atomic mass is 10.7. The van der Waals surface area contributed by atoms with Crippen molar-refractivity contribution in [3.05, 3.63) is 12.4 Å². The van der Waals surface area contributed by atoms with Gasteiger partial charge in [0.15, 0.2) is 0 Å². The second kappa shape index (κ2) is 5.57. The van der Waals surface area contributed by atoms with E-state index in [1.807, 2.05) is 6.26 Å². The highest BCUT2D eigenvalue weighted by atomic mass is 32.2. The lowest BCUT2D eigenvalue weighted by molar-refractivity contribution is 1.12. The first kappa shape index (κ1) is 9.79. The molecule has 0 amide bonds. The fourth-order valence-electron chi connectivity index (χ4n) is 0.432. The third-order valence-corrected chi connectivity index (χ3v) is 1.57. The van der Waals surface area contributed by atoms with Crippen molar-refractivity contribution in [1.82, 2.24) is 9.97 Å². The molecule has 1 rings (SSSR count). The zero-order valence-corrected chi connectivity index (χ0v) is 7.01. The van der Waals surface area contributed by atoms with E-state index in [0.29, 0.717) is 5.95 Å². The van der Waals surface area contributed by atoms with Crippen molar-refractivity contribution >= 4 is 17.7 Å². The molecule has 2 N–H and O–H groups in total. The summed E-state index contributed by atoms with van der Waals surface area (Å²) in [5, 5.41) is 0. The van der Waals surface area contributed by atoms with Gasteiger partial charge in [-0.2, -0.15) is 0 Å². The molecule has 58 valence electrons. The third kappa shape index (κ3) is 3.48. The van der Waals surface area contributed by atoms with Crippen LogP contribution in [-0.2, 0) is 0 Å². The van der Waals surface area contributed by atoms with Gasteiger partial charge in [0.05, 0.1) is 0 Å². The molecule has 0 radical (unpaired) electrons. The lowest BCUT2D eigenvalue weighted by Gasteiger charge is -1.92. The molecule has 0 atom stereocenters. The summed E-state index contributed by atoms with van der Waals surface area (Å²) in [6, 6.07) is 0. The molecule has 0 aromatic carbocycles. The van der Waals surface area contributed by atoms with Crippen LogP contribution in [0.1, 0.15) is 0 Å². The van der Waals surface area contributed by atoms with Gasteiger partial charge in [-0.05, 0) is 6.26 Å². The normalized spacial score (nSPS) is 7.91. The number of hydrogen-bond donors (Lipinski definition) is 1. The van der Waals surface area contributed by atoms with Gasteiger partial charge in [0, 0.05) is 17.3 Å². The van der Waals surface area contributed by atoms with Crippen molar-refractivity contribution in [2.45, 2.75) is 4.90 Å². The monoisotopic (exact) mass is 167 g/mol. The van der Waals surface area contributed by atoms with Crippen LogP contribution in [0.15, 0.2) is 17.3 Å². The smallest absolute Gasteiger partial charge is 0.219 e. The Kier molecular flexibility index (Phi) is 4.95. The van der Waals surface area contributed by atoms with Crippen molar-refractivity contribution in [2.75, 3.05) is 12.0 Å². The summed E-state index contributed by atoms with van der Waals surface area (Å²) in [5.74, 6) is 0.327. The van der Waals surface area contributed by atoms with Gasteiger partial charge in [0.25, 0.3) is 0 Å². The Bertz CT molecular complexity index is 217. The summed E-state index contributed by atoms with van der Waals surface area (Å²) in [6.07, 6.45) is 13.4. The number of anilines is 1. The molecule has 0 saturated carbocycles. The maximum atomic E-state index is 5.25. The van der Waals surface area contributed by atoms with Gasteiger partial charge in [0.2, 0.25) is 5.95 Å². The molecule has 1 aromatic rings. The van der Waals surface area contributed by atoms with Crippen LogP contribution in [-0.4, -0.2) is 16.2 Å². The van der Waals surface area contributed by atoms with E-state index >= 15 is 0 Å². The zero-order chi connectivity index (χ0) is 8.69. The number of nitrogens with two attached hydrogens (primary N) is 1. The minimum Gasteiger partial charge on any atom is -0.368 e. The van der Waals surface area contributed by atoms with E-state index < -0.39 is 0 Å². The number of aromatic nitrogens is 2. The molecular weight excluding hydrogens is 158 g/mol. The van der Waals surface area contributed by atoms with Crippen molar-refractivity contribution in [2.24, 2.45) is 0 Å². The molecule has 4 heteroatoms. The van der Waals surface area contributed by atoms with Crippen LogP contribution in [0.4, 0.5) is 5.95 Å². The Hall–Kier alpha value is -1.21. The van der Waals surface area contributed by atoms with Crippen LogP contribution in [0.2, 0.25) is 0 Å². The van der Waals surface area contributed by atoms with Crippen LogP contribution < -0.4 is 5.73 Å².